The summed E-state index contributed by atoms with van der Waals surface area (Å²) in [6.45, 7) is 2.19. The van der Waals surface area contributed by atoms with Crippen molar-refractivity contribution in [3.05, 3.63) is 29.8 Å². The monoisotopic (exact) mass is 247 g/mol. The smallest absolute Gasteiger partial charge is 0.118 e. The molecular weight excluding hydrogens is 222 g/mol. The Hall–Kier alpha value is -1.02. The highest BCUT2D eigenvalue weighted by Crippen LogP contribution is 2.37. The van der Waals surface area contributed by atoms with E-state index < -0.39 is 0 Å². The highest BCUT2D eigenvalue weighted by molar-refractivity contribution is 5.29. The Balaban J connectivity index is 1.92. The molecule has 1 unspecified atom stereocenters. The lowest BCUT2D eigenvalue weighted by atomic mass is 9.76. The minimum atomic E-state index is 0.404. The molecule has 0 aliphatic heterocycles. The minimum absolute atomic E-state index is 0.404. The van der Waals surface area contributed by atoms with Gasteiger partial charge in [0.1, 0.15) is 5.75 Å². The Morgan fingerprint density at radius 3 is 2.28 bits per heavy atom. The fourth-order valence-corrected chi connectivity index (χ4v) is 3.09. The molecule has 0 spiro atoms. The predicted molar refractivity (Wildman–Crippen MR) is 76.0 cm³/mol. The number of ether oxygens (including phenoxy) is 1. The molecule has 1 saturated carbocycles. The van der Waals surface area contributed by atoms with E-state index >= 15 is 0 Å². The molecule has 100 valence electrons. The SMILES string of the molecule is CCC(N)C1CCC(c2ccc(OC)cc2)CC1. The summed E-state index contributed by atoms with van der Waals surface area (Å²) in [6.07, 6.45) is 6.24. The summed E-state index contributed by atoms with van der Waals surface area (Å²) in [6, 6.07) is 8.97. The summed E-state index contributed by atoms with van der Waals surface area (Å²) in [5.74, 6) is 2.40. The number of hydrogen-bond acceptors (Lipinski definition) is 2. The zero-order valence-corrected chi connectivity index (χ0v) is 11.6. The third kappa shape index (κ3) is 3.05. The summed E-state index contributed by atoms with van der Waals surface area (Å²) in [7, 11) is 1.71. The van der Waals surface area contributed by atoms with E-state index in [-0.39, 0.29) is 0 Å². The van der Waals surface area contributed by atoms with Crippen LogP contribution in [-0.4, -0.2) is 13.2 Å². The first-order chi connectivity index (χ1) is 8.74. The van der Waals surface area contributed by atoms with Crippen LogP contribution in [0.3, 0.4) is 0 Å². The molecule has 2 rings (SSSR count). The zero-order chi connectivity index (χ0) is 13.0. The maximum Gasteiger partial charge on any atom is 0.118 e. The van der Waals surface area contributed by atoms with E-state index in [1.54, 1.807) is 7.11 Å². The third-order valence-electron chi connectivity index (χ3n) is 4.44. The lowest BCUT2D eigenvalue weighted by molar-refractivity contribution is 0.277. The van der Waals surface area contributed by atoms with Crippen molar-refractivity contribution in [2.75, 3.05) is 7.11 Å². The first-order valence-electron chi connectivity index (χ1n) is 7.14. The zero-order valence-electron chi connectivity index (χ0n) is 11.6. The van der Waals surface area contributed by atoms with Gasteiger partial charge in [0.2, 0.25) is 0 Å². The van der Waals surface area contributed by atoms with Crippen molar-refractivity contribution in [3.8, 4) is 5.75 Å². The van der Waals surface area contributed by atoms with Gasteiger partial charge in [-0.05, 0) is 61.6 Å². The standard InChI is InChI=1S/C16H25NO/c1-3-16(17)14-6-4-12(5-7-14)13-8-10-15(18-2)11-9-13/h8-12,14,16H,3-7,17H2,1-2H3. The summed E-state index contributed by atoms with van der Waals surface area (Å²) >= 11 is 0. The third-order valence-corrected chi connectivity index (χ3v) is 4.44. The number of rotatable bonds is 4. The fourth-order valence-electron chi connectivity index (χ4n) is 3.09. The van der Waals surface area contributed by atoms with Crippen molar-refractivity contribution < 1.29 is 4.74 Å². The van der Waals surface area contributed by atoms with Crippen molar-refractivity contribution in [3.63, 3.8) is 0 Å². The molecule has 0 amide bonds. The number of benzene rings is 1. The van der Waals surface area contributed by atoms with Gasteiger partial charge >= 0.3 is 0 Å². The van der Waals surface area contributed by atoms with Gasteiger partial charge in [0.25, 0.3) is 0 Å². The highest BCUT2D eigenvalue weighted by atomic mass is 16.5. The summed E-state index contributed by atoms with van der Waals surface area (Å²) in [5.41, 5.74) is 7.61. The van der Waals surface area contributed by atoms with Gasteiger partial charge in [-0.1, -0.05) is 19.1 Å². The minimum Gasteiger partial charge on any atom is -0.497 e. The van der Waals surface area contributed by atoms with Crippen LogP contribution in [-0.2, 0) is 0 Å². The van der Waals surface area contributed by atoms with E-state index in [0.29, 0.717) is 6.04 Å². The van der Waals surface area contributed by atoms with Gasteiger partial charge in [0, 0.05) is 6.04 Å². The van der Waals surface area contributed by atoms with Crippen LogP contribution >= 0.6 is 0 Å². The van der Waals surface area contributed by atoms with E-state index in [1.807, 2.05) is 0 Å². The molecule has 2 nitrogen and oxygen atoms in total. The number of hydrogen-bond donors (Lipinski definition) is 1. The van der Waals surface area contributed by atoms with Gasteiger partial charge in [-0.2, -0.15) is 0 Å². The fraction of sp³-hybridized carbons (Fsp3) is 0.625. The molecule has 0 saturated heterocycles. The van der Waals surface area contributed by atoms with Crippen LogP contribution in [0.4, 0.5) is 0 Å². The first kappa shape index (κ1) is 13.4. The lowest BCUT2D eigenvalue weighted by Crippen LogP contribution is -2.32. The molecular formula is C16H25NO. The summed E-state index contributed by atoms with van der Waals surface area (Å²) < 4.78 is 5.20. The first-order valence-corrected chi connectivity index (χ1v) is 7.14. The van der Waals surface area contributed by atoms with E-state index in [9.17, 15) is 0 Å². The molecule has 1 atom stereocenters. The van der Waals surface area contributed by atoms with Crippen LogP contribution < -0.4 is 10.5 Å². The molecule has 0 radical (unpaired) electrons. The molecule has 2 N–H and O–H groups in total. The van der Waals surface area contributed by atoms with Gasteiger partial charge in [-0.3, -0.25) is 0 Å². The van der Waals surface area contributed by atoms with Crippen LogP contribution in [0.25, 0.3) is 0 Å². The second-order valence-electron chi connectivity index (χ2n) is 5.46. The Kier molecular flexibility index (Phi) is 4.65. The Bertz CT molecular complexity index is 352. The number of nitrogens with two attached hydrogens (primary N) is 1. The largest absolute Gasteiger partial charge is 0.497 e. The van der Waals surface area contributed by atoms with E-state index in [1.165, 1.54) is 31.2 Å². The predicted octanol–water partition coefficient (Wildman–Crippen LogP) is 3.71. The molecule has 0 heterocycles. The second kappa shape index (κ2) is 6.24. The lowest BCUT2D eigenvalue weighted by Gasteiger charge is -2.32. The molecule has 1 aromatic carbocycles. The Morgan fingerprint density at radius 1 is 1.17 bits per heavy atom. The van der Waals surface area contributed by atoms with Gasteiger partial charge in [-0.25, -0.2) is 0 Å². The quantitative estimate of drug-likeness (QED) is 0.880. The Morgan fingerprint density at radius 2 is 1.78 bits per heavy atom. The van der Waals surface area contributed by atoms with Crippen LogP contribution in [0.1, 0.15) is 50.5 Å². The van der Waals surface area contributed by atoms with E-state index in [4.69, 9.17) is 10.5 Å². The second-order valence-corrected chi connectivity index (χ2v) is 5.46. The van der Waals surface area contributed by atoms with Gasteiger partial charge in [0.05, 0.1) is 7.11 Å². The average molecular weight is 247 g/mol. The molecule has 1 fully saturated rings. The van der Waals surface area contributed by atoms with E-state index in [0.717, 1.165) is 24.0 Å². The van der Waals surface area contributed by atoms with Gasteiger partial charge in [-0.15, -0.1) is 0 Å². The van der Waals surface area contributed by atoms with Gasteiger partial charge < -0.3 is 10.5 Å². The van der Waals surface area contributed by atoms with Crippen molar-refractivity contribution in [1.29, 1.82) is 0 Å². The normalized spacial score (nSPS) is 25.7. The average Bonchev–Trinajstić information content (AvgIpc) is 2.47. The van der Waals surface area contributed by atoms with Gasteiger partial charge in [0.15, 0.2) is 0 Å². The molecule has 1 aliphatic carbocycles. The summed E-state index contributed by atoms with van der Waals surface area (Å²) in [4.78, 5) is 0. The number of methoxy groups -OCH3 is 1. The van der Waals surface area contributed by atoms with Crippen molar-refractivity contribution in [2.45, 2.75) is 51.0 Å². The molecule has 0 bridgehead atoms. The summed E-state index contributed by atoms with van der Waals surface area (Å²) in [5, 5.41) is 0. The Labute approximate surface area is 111 Å². The molecule has 0 aromatic heterocycles. The topological polar surface area (TPSA) is 35.2 Å². The van der Waals surface area contributed by atoms with Crippen molar-refractivity contribution in [1.82, 2.24) is 0 Å². The molecule has 18 heavy (non-hydrogen) atoms. The van der Waals surface area contributed by atoms with Crippen LogP contribution in [0.15, 0.2) is 24.3 Å². The van der Waals surface area contributed by atoms with Crippen LogP contribution in [0.5, 0.6) is 5.75 Å². The highest BCUT2D eigenvalue weighted by Gasteiger charge is 2.25. The molecule has 1 aliphatic rings. The van der Waals surface area contributed by atoms with Crippen molar-refractivity contribution in [2.24, 2.45) is 11.7 Å². The maximum atomic E-state index is 6.15. The van der Waals surface area contributed by atoms with Crippen molar-refractivity contribution >= 4 is 0 Å². The molecule has 2 heteroatoms. The van der Waals surface area contributed by atoms with E-state index in [2.05, 4.69) is 31.2 Å². The molecule has 1 aromatic rings. The maximum absolute atomic E-state index is 6.15. The van der Waals surface area contributed by atoms with Crippen LogP contribution in [0.2, 0.25) is 0 Å². The van der Waals surface area contributed by atoms with Crippen LogP contribution in [0, 0.1) is 5.92 Å².